The molecule has 11 heteroatoms. The number of aromatic nitrogens is 2. The molecule has 1 saturated heterocycles. The number of imidazole rings is 1. The lowest BCUT2D eigenvalue weighted by atomic mass is 10.0. The first-order chi connectivity index (χ1) is 10.8. The number of aryl methyl sites for hydroxylation is 1. The van der Waals surface area contributed by atoms with Crippen LogP contribution in [0, 0.1) is 5.92 Å². The van der Waals surface area contributed by atoms with Gasteiger partial charge in [-0.15, -0.1) is 0 Å². The molecule has 0 bridgehead atoms. The van der Waals surface area contributed by atoms with Crippen molar-refractivity contribution in [2.75, 3.05) is 27.3 Å². The summed E-state index contributed by atoms with van der Waals surface area (Å²) < 4.78 is 38.3. The molecule has 1 aromatic heterocycles. The SMILES string of the molecule is COC(OC)[C@@H]1CN(S(=O)(=O)c2cn(C)cn2)C[C@@H]1NC(=O)O. The number of amides is 1. The largest absolute Gasteiger partial charge is 0.465 e. The van der Waals surface area contributed by atoms with Crippen molar-refractivity contribution in [2.24, 2.45) is 13.0 Å². The quantitative estimate of drug-likeness (QED) is 0.651. The smallest absolute Gasteiger partial charge is 0.404 e. The maximum Gasteiger partial charge on any atom is 0.404 e. The van der Waals surface area contributed by atoms with Crippen molar-refractivity contribution in [1.82, 2.24) is 19.2 Å². The van der Waals surface area contributed by atoms with Gasteiger partial charge in [-0.1, -0.05) is 0 Å². The number of nitrogens with one attached hydrogen (secondary N) is 1. The zero-order valence-corrected chi connectivity index (χ0v) is 13.9. The predicted octanol–water partition coefficient (Wildman–Crippen LogP) is -0.704. The van der Waals surface area contributed by atoms with Crippen LogP contribution in [0.4, 0.5) is 4.79 Å². The highest BCUT2D eigenvalue weighted by Crippen LogP contribution is 2.27. The molecular weight excluding hydrogens is 328 g/mol. The van der Waals surface area contributed by atoms with Crippen LogP contribution in [0.5, 0.6) is 0 Å². The van der Waals surface area contributed by atoms with Crippen molar-refractivity contribution in [3.8, 4) is 0 Å². The number of hydrogen-bond donors (Lipinski definition) is 2. The van der Waals surface area contributed by atoms with E-state index < -0.39 is 34.4 Å². The average molecular weight is 348 g/mol. The second-order valence-electron chi connectivity index (χ2n) is 5.26. The lowest BCUT2D eigenvalue weighted by Crippen LogP contribution is -2.44. The molecule has 0 saturated carbocycles. The second kappa shape index (κ2) is 6.83. The molecule has 2 N–H and O–H groups in total. The molecule has 1 aromatic rings. The first kappa shape index (κ1) is 17.7. The maximum atomic E-state index is 12.6. The van der Waals surface area contributed by atoms with Crippen molar-refractivity contribution in [1.29, 1.82) is 0 Å². The highest BCUT2D eigenvalue weighted by atomic mass is 32.2. The van der Waals surface area contributed by atoms with Crippen LogP contribution in [0.1, 0.15) is 0 Å². The molecule has 2 rings (SSSR count). The van der Waals surface area contributed by atoms with Gasteiger partial charge in [0.25, 0.3) is 10.0 Å². The third kappa shape index (κ3) is 3.63. The summed E-state index contributed by atoms with van der Waals surface area (Å²) in [5, 5.41) is 11.2. The summed E-state index contributed by atoms with van der Waals surface area (Å²) in [5.41, 5.74) is 0. The minimum Gasteiger partial charge on any atom is -0.465 e. The fourth-order valence-corrected chi connectivity index (χ4v) is 4.14. The number of ether oxygens (including phenoxy) is 2. The van der Waals surface area contributed by atoms with Gasteiger partial charge in [-0.2, -0.15) is 4.31 Å². The molecule has 0 aromatic carbocycles. The highest BCUT2D eigenvalue weighted by Gasteiger charge is 2.44. The first-order valence-electron chi connectivity index (χ1n) is 6.82. The van der Waals surface area contributed by atoms with Crippen LogP contribution < -0.4 is 5.32 Å². The van der Waals surface area contributed by atoms with E-state index in [1.807, 2.05) is 0 Å². The molecular formula is C12H20N4O6S. The Bertz CT molecular complexity index is 656. The van der Waals surface area contributed by atoms with Gasteiger partial charge in [0.15, 0.2) is 11.3 Å². The van der Waals surface area contributed by atoms with E-state index in [0.717, 1.165) is 0 Å². The molecule has 1 amide bonds. The summed E-state index contributed by atoms with van der Waals surface area (Å²) >= 11 is 0. The number of rotatable bonds is 6. The van der Waals surface area contributed by atoms with Crippen LogP contribution in [0.2, 0.25) is 0 Å². The zero-order valence-electron chi connectivity index (χ0n) is 13.0. The third-order valence-electron chi connectivity index (χ3n) is 3.74. The van der Waals surface area contributed by atoms with Crippen molar-refractivity contribution >= 4 is 16.1 Å². The molecule has 23 heavy (non-hydrogen) atoms. The van der Waals surface area contributed by atoms with Crippen LogP contribution in [-0.4, -0.2) is 73.1 Å². The van der Waals surface area contributed by atoms with Crippen molar-refractivity contribution < 1.29 is 27.8 Å². The highest BCUT2D eigenvalue weighted by molar-refractivity contribution is 7.89. The molecule has 0 unspecified atom stereocenters. The Morgan fingerprint density at radius 2 is 2.09 bits per heavy atom. The summed E-state index contributed by atoms with van der Waals surface area (Å²) in [4.78, 5) is 14.8. The standard InChI is InChI=1S/C12H20N4O6S/c1-15-6-10(13-7-15)23(19,20)16-4-8(11(21-2)22-3)9(5-16)14-12(17)18/h6-9,11,14H,4-5H2,1-3H3,(H,17,18)/t8-,9+/m1/s1. The normalized spacial score (nSPS) is 22.6. The van der Waals surface area contributed by atoms with E-state index >= 15 is 0 Å². The number of methoxy groups -OCH3 is 2. The van der Waals surface area contributed by atoms with Gasteiger partial charge in [-0.3, -0.25) is 0 Å². The van der Waals surface area contributed by atoms with Crippen molar-refractivity contribution in [3.05, 3.63) is 12.5 Å². The fourth-order valence-electron chi connectivity index (χ4n) is 2.68. The average Bonchev–Trinajstić information content (AvgIpc) is 3.08. The van der Waals surface area contributed by atoms with Gasteiger partial charge in [0.1, 0.15) is 0 Å². The Morgan fingerprint density at radius 1 is 1.43 bits per heavy atom. The van der Waals surface area contributed by atoms with Gasteiger partial charge in [-0.05, 0) is 0 Å². The summed E-state index contributed by atoms with van der Waals surface area (Å²) in [5.74, 6) is -0.473. The Labute approximate surface area is 134 Å². The Morgan fingerprint density at radius 3 is 2.57 bits per heavy atom. The van der Waals surface area contributed by atoms with Crippen LogP contribution in [-0.2, 0) is 26.5 Å². The van der Waals surface area contributed by atoms with Gasteiger partial charge in [0.2, 0.25) is 0 Å². The van der Waals surface area contributed by atoms with E-state index in [0.29, 0.717) is 0 Å². The molecule has 0 aliphatic carbocycles. The van der Waals surface area contributed by atoms with Crippen LogP contribution in [0.25, 0.3) is 0 Å². The van der Waals surface area contributed by atoms with Crippen molar-refractivity contribution in [2.45, 2.75) is 17.4 Å². The molecule has 1 fully saturated rings. The number of hydrogen-bond acceptors (Lipinski definition) is 6. The van der Waals surface area contributed by atoms with Crippen LogP contribution in [0.15, 0.2) is 17.6 Å². The van der Waals surface area contributed by atoms with Crippen molar-refractivity contribution in [3.63, 3.8) is 0 Å². The molecule has 0 radical (unpaired) electrons. The summed E-state index contributed by atoms with van der Waals surface area (Å²) in [7, 11) is 0.691. The fraction of sp³-hybridized carbons (Fsp3) is 0.667. The van der Waals surface area contributed by atoms with Gasteiger partial charge in [0.05, 0.1) is 12.4 Å². The summed E-state index contributed by atoms with van der Waals surface area (Å²) in [6.07, 6.45) is 0.825. The predicted molar refractivity (Wildman–Crippen MR) is 78.2 cm³/mol. The lowest BCUT2D eigenvalue weighted by Gasteiger charge is -2.25. The number of carbonyl (C=O) groups is 1. The van der Waals surface area contributed by atoms with Crippen LogP contribution >= 0.6 is 0 Å². The summed E-state index contributed by atoms with van der Waals surface area (Å²) in [6.45, 7) is 0.0509. The Hall–Kier alpha value is -1.69. The van der Waals surface area contributed by atoms with E-state index in [1.165, 1.54) is 35.6 Å². The molecule has 0 spiro atoms. The minimum absolute atomic E-state index is 0.0148. The van der Waals surface area contributed by atoms with Gasteiger partial charge >= 0.3 is 6.09 Å². The lowest BCUT2D eigenvalue weighted by molar-refractivity contribution is -0.137. The van der Waals surface area contributed by atoms with E-state index in [4.69, 9.17) is 14.6 Å². The van der Waals surface area contributed by atoms with E-state index in [2.05, 4.69) is 10.3 Å². The number of sulfonamides is 1. The molecule has 130 valence electrons. The van der Waals surface area contributed by atoms with Gasteiger partial charge in [0, 0.05) is 46.5 Å². The molecule has 1 aliphatic rings. The summed E-state index contributed by atoms with van der Waals surface area (Å²) in [6, 6.07) is -0.643. The number of nitrogens with zero attached hydrogens (tertiary/aromatic N) is 3. The first-order valence-corrected chi connectivity index (χ1v) is 8.26. The monoisotopic (exact) mass is 348 g/mol. The second-order valence-corrected chi connectivity index (χ2v) is 7.14. The van der Waals surface area contributed by atoms with Crippen LogP contribution in [0.3, 0.4) is 0 Å². The Balaban J connectivity index is 2.26. The van der Waals surface area contributed by atoms with E-state index in [9.17, 15) is 13.2 Å². The van der Waals surface area contributed by atoms with Gasteiger partial charge in [-0.25, -0.2) is 18.2 Å². The maximum absolute atomic E-state index is 12.6. The molecule has 2 atom stereocenters. The molecule has 1 aliphatic heterocycles. The van der Waals surface area contributed by atoms with E-state index in [1.54, 1.807) is 7.05 Å². The minimum atomic E-state index is -3.81. The Kier molecular flexibility index (Phi) is 5.24. The molecule has 10 nitrogen and oxygen atoms in total. The third-order valence-corrected chi connectivity index (χ3v) is 5.46. The number of carboxylic acid groups (broad SMARTS) is 1. The zero-order chi connectivity index (χ0) is 17.2. The molecule has 2 heterocycles. The topological polar surface area (TPSA) is 123 Å². The van der Waals surface area contributed by atoms with E-state index in [-0.39, 0.29) is 18.1 Å². The van der Waals surface area contributed by atoms with Gasteiger partial charge < -0.3 is 24.5 Å².